The summed E-state index contributed by atoms with van der Waals surface area (Å²) in [6.07, 6.45) is 10.8. The highest BCUT2D eigenvalue weighted by Gasteiger charge is 2.15. The average Bonchev–Trinajstić information content (AvgIpc) is 2.37. The van der Waals surface area contributed by atoms with E-state index in [4.69, 9.17) is 9.47 Å². The Morgan fingerprint density at radius 1 is 1.12 bits per heavy atom. The van der Waals surface area contributed by atoms with Crippen molar-refractivity contribution >= 4 is 5.97 Å². The maximum Gasteiger partial charge on any atom is 0.332 e. The SMILES string of the molecule is CCCCCCOC(=O)COC1CCCCC1. The molecule has 1 aliphatic carbocycles. The highest BCUT2D eigenvalue weighted by molar-refractivity contribution is 5.70. The molecule has 0 saturated heterocycles. The molecule has 1 fully saturated rings. The van der Waals surface area contributed by atoms with Gasteiger partial charge in [-0.15, -0.1) is 0 Å². The Hall–Kier alpha value is -0.570. The lowest BCUT2D eigenvalue weighted by Crippen LogP contribution is -2.22. The number of esters is 1. The second-order valence-electron chi connectivity index (χ2n) is 4.85. The predicted molar refractivity (Wildman–Crippen MR) is 67.9 cm³/mol. The van der Waals surface area contributed by atoms with Crippen molar-refractivity contribution in [1.82, 2.24) is 0 Å². The minimum atomic E-state index is -0.202. The molecule has 0 N–H and O–H groups in total. The summed E-state index contributed by atoms with van der Waals surface area (Å²) in [5, 5.41) is 0. The van der Waals surface area contributed by atoms with Crippen LogP contribution in [-0.2, 0) is 14.3 Å². The zero-order valence-corrected chi connectivity index (χ0v) is 11.1. The molecule has 1 rings (SSSR count). The molecular formula is C14H26O3. The quantitative estimate of drug-likeness (QED) is 0.483. The van der Waals surface area contributed by atoms with Crippen LogP contribution in [0, 0.1) is 0 Å². The fourth-order valence-electron chi connectivity index (χ4n) is 2.17. The van der Waals surface area contributed by atoms with Crippen molar-refractivity contribution in [2.24, 2.45) is 0 Å². The Bertz CT molecular complexity index is 198. The summed E-state index contributed by atoms with van der Waals surface area (Å²) in [6, 6.07) is 0. The van der Waals surface area contributed by atoms with Gasteiger partial charge in [0, 0.05) is 0 Å². The maximum atomic E-state index is 11.4. The summed E-state index contributed by atoms with van der Waals surface area (Å²) >= 11 is 0. The third kappa shape index (κ3) is 7.37. The minimum Gasteiger partial charge on any atom is -0.464 e. The normalized spacial score (nSPS) is 17.0. The molecule has 1 aliphatic rings. The fraction of sp³-hybridized carbons (Fsp3) is 0.929. The van der Waals surface area contributed by atoms with Crippen LogP contribution < -0.4 is 0 Å². The van der Waals surface area contributed by atoms with Gasteiger partial charge in [0.2, 0.25) is 0 Å². The molecule has 0 unspecified atom stereocenters. The van der Waals surface area contributed by atoms with Crippen molar-refractivity contribution in [3.63, 3.8) is 0 Å². The Morgan fingerprint density at radius 3 is 2.59 bits per heavy atom. The zero-order chi connectivity index (χ0) is 12.3. The molecule has 0 radical (unpaired) electrons. The van der Waals surface area contributed by atoms with Crippen LogP contribution in [-0.4, -0.2) is 25.3 Å². The number of unbranched alkanes of at least 4 members (excludes halogenated alkanes) is 3. The van der Waals surface area contributed by atoms with Gasteiger partial charge in [0.25, 0.3) is 0 Å². The van der Waals surface area contributed by atoms with Crippen LogP contribution >= 0.6 is 0 Å². The van der Waals surface area contributed by atoms with Crippen molar-refractivity contribution in [3.8, 4) is 0 Å². The number of carbonyl (C=O) groups is 1. The van der Waals surface area contributed by atoms with Gasteiger partial charge >= 0.3 is 5.97 Å². The van der Waals surface area contributed by atoms with Crippen LogP contribution in [0.2, 0.25) is 0 Å². The van der Waals surface area contributed by atoms with Crippen LogP contribution in [0.15, 0.2) is 0 Å². The van der Waals surface area contributed by atoms with E-state index in [1.54, 1.807) is 0 Å². The van der Waals surface area contributed by atoms with E-state index in [1.807, 2.05) is 0 Å². The molecule has 17 heavy (non-hydrogen) atoms. The number of rotatable bonds is 8. The highest BCUT2D eigenvalue weighted by atomic mass is 16.6. The first-order chi connectivity index (χ1) is 8.33. The predicted octanol–water partition coefficient (Wildman–Crippen LogP) is 3.46. The number of carbonyl (C=O) groups excluding carboxylic acids is 1. The van der Waals surface area contributed by atoms with Gasteiger partial charge < -0.3 is 9.47 Å². The van der Waals surface area contributed by atoms with E-state index in [-0.39, 0.29) is 18.7 Å². The first-order valence-corrected chi connectivity index (χ1v) is 7.10. The zero-order valence-electron chi connectivity index (χ0n) is 11.1. The molecule has 0 atom stereocenters. The molecule has 0 bridgehead atoms. The van der Waals surface area contributed by atoms with Crippen molar-refractivity contribution in [2.45, 2.75) is 70.8 Å². The van der Waals surface area contributed by atoms with Gasteiger partial charge in [0.05, 0.1) is 12.7 Å². The summed E-state index contributed by atoms with van der Waals surface area (Å²) in [6.45, 7) is 2.86. The fourth-order valence-corrected chi connectivity index (χ4v) is 2.17. The standard InChI is InChI=1S/C14H26O3/c1-2-3-4-8-11-16-14(15)12-17-13-9-6-5-7-10-13/h13H,2-12H2,1H3. The van der Waals surface area contributed by atoms with Crippen LogP contribution in [0.3, 0.4) is 0 Å². The van der Waals surface area contributed by atoms with Gasteiger partial charge in [-0.1, -0.05) is 45.4 Å². The van der Waals surface area contributed by atoms with E-state index >= 15 is 0 Å². The van der Waals surface area contributed by atoms with E-state index in [0.29, 0.717) is 6.61 Å². The summed E-state index contributed by atoms with van der Waals surface area (Å²) in [5.41, 5.74) is 0. The summed E-state index contributed by atoms with van der Waals surface area (Å²) in [7, 11) is 0. The Morgan fingerprint density at radius 2 is 1.88 bits per heavy atom. The topological polar surface area (TPSA) is 35.5 Å². The van der Waals surface area contributed by atoms with E-state index in [9.17, 15) is 4.79 Å². The molecule has 0 aliphatic heterocycles. The van der Waals surface area contributed by atoms with Crippen molar-refractivity contribution in [3.05, 3.63) is 0 Å². The largest absolute Gasteiger partial charge is 0.464 e. The summed E-state index contributed by atoms with van der Waals surface area (Å²) in [5.74, 6) is -0.202. The molecule has 0 aromatic heterocycles. The van der Waals surface area contributed by atoms with Crippen LogP contribution in [0.25, 0.3) is 0 Å². The smallest absolute Gasteiger partial charge is 0.332 e. The third-order valence-electron chi connectivity index (χ3n) is 3.25. The summed E-state index contributed by atoms with van der Waals surface area (Å²) < 4.78 is 10.7. The highest BCUT2D eigenvalue weighted by Crippen LogP contribution is 2.20. The molecular weight excluding hydrogens is 216 g/mol. The molecule has 100 valence electrons. The van der Waals surface area contributed by atoms with Crippen molar-refractivity contribution < 1.29 is 14.3 Å². The van der Waals surface area contributed by atoms with Gasteiger partial charge in [-0.3, -0.25) is 0 Å². The molecule has 0 heterocycles. The molecule has 1 saturated carbocycles. The molecule has 0 spiro atoms. The van der Waals surface area contributed by atoms with E-state index in [1.165, 1.54) is 32.1 Å². The van der Waals surface area contributed by atoms with Gasteiger partial charge in [0.1, 0.15) is 6.61 Å². The van der Waals surface area contributed by atoms with Crippen molar-refractivity contribution in [1.29, 1.82) is 0 Å². The molecule has 0 amide bonds. The lowest BCUT2D eigenvalue weighted by Gasteiger charge is -2.21. The van der Waals surface area contributed by atoms with Gasteiger partial charge in [-0.25, -0.2) is 4.79 Å². The van der Waals surface area contributed by atoms with Gasteiger partial charge in [-0.05, 0) is 19.3 Å². The summed E-state index contributed by atoms with van der Waals surface area (Å²) in [4.78, 5) is 11.4. The van der Waals surface area contributed by atoms with Gasteiger partial charge in [-0.2, -0.15) is 0 Å². The van der Waals surface area contributed by atoms with Crippen LogP contribution in [0.4, 0.5) is 0 Å². The average molecular weight is 242 g/mol. The van der Waals surface area contributed by atoms with E-state index in [2.05, 4.69) is 6.92 Å². The Labute approximate surface area is 105 Å². The van der Waals surface area contributed by atoms with Gasteiger partial charge in [0.15, 0.2) is 0 Å². The number of hydrogen-bond donors (Lipinski definition) is 0. The second-order valence-corrected chi connectivity index (χ2v) is 4.85. The maximum absolute atomic E-state index is 11.4. The Balaban J connectivity index is 1.93. The third-order valence-corrected chi connectivity index (χ3v) is 3.25. The lowest BCUT2D eigenvalue weighted by atomic mass is 9.98. The molecule has 3 nitrogen and oxygen atoms in total. The Kier molecular flexibility index (Phi) is 8.06. The van der Waals surface area contributed by atoms with Crippen LogP contribution in [0.1, 0.15) is 64.7 Å². The second kappa shape index (κ2) is 9.46. The number of hydrogen-bond acceptors (Lipinski definition) is 3. The first-order valence-electron chi connectivity index (χ1n) is 7.10. The molecule has 0 aromatic rings. The molecule has 0 aromatic carbocycles. The van der Waals surface area contributed by atoms with E-state index < -0.39 is 0 Å². The van der Waals surface area contributed by atoms with Crippen molar-refractivity contribution in [2.75, 3.05) is 13.2 Å². The van der Waals surface area contributed by atoms with Crippen LogP contribution in [0.5, 0.6) is 0 Å². The first kappa shape index (κ1) is 14.5. The minimum absolute atomic E-state index is 0.137. The lowest BCUT2D eigenvalue weighted by molar-refractivity contribution is -0.151. The number of ether oxygens (including phenoxy) is 2. The van der Waals surface area contributed by atoms with E-state index in [0.717, 1.165) is 25.7 Å². The monoisotopic (exact) mass is 242 g/mol. The molecule has 3 heteroatoms.